The van der Waals surface area contributed by atoms with E-state index in [-0.39, 0.29) is 23.5 Å². The minimum Gasteiger partial charge on any atom is -0.325 e. The van der Waals surface area contributed by atoms with Gasteiger partial charge >= 0.3 is 0 Å². The Labute approximate surface area is 114 Å². The fourth-order valence-corrected chi connectivity index (χ4v) is 2.62. The molecule has 3 N–H and O–H groups in total. The molecule has 0 bridgehead atoms. The number of amides is 2. The molecule has 1 aromatic rings. The molecule has 1 unspecified atom stereocenters. The summed E-state index contributed by atoms with van der Waals surface area (Å²) in [5, 5.41) is 8.11. The standard InChI is InChI=1S/C12H14FN3O2S/c1-7(17)15-10-4-8(2-3-9(10)13)16-12(18)11-5-19-6-14-11/h2-4,11,14H,5-6H2,1H3,(H,15,17)(H,16,18). The summed E-state index contributed by atoms with van der Waals surface area (Å²) in [6, 6.07) is 3.83. The van der Waals surface area contributed by atoms with Crippen LogP contribution in [-0.2, 0) is 9.59 Å². The highest BCUT2D eigenvalue weighted by molar-refractivity contribution is 7.99. The van der Waals surface area contributed by atoms with Gasteiger partial charge in [0.1, 0.15) is 5.82 Å². The third kappa shape index (κ3) is 3.68. The van der Waals surface area contributed by atoms with Crippen molar-refractivity contribution in [2.75, 3.05) is 22.3 Å². The minimum atomic E-state index is -0.539. The van der Waals surface area contributed by atoms with E-state index in [2.05, 4.69) is 16.0 Å². The molecule has 2 amide bonds. The van der Waals surface area contributed by atoms with E-state index in [0.717, 1.165) is 5.88 Å². The van der Waals surface area contributed by atoms with Crippen LogP contribution in [0.2, 0.25) is 0 Å². The van der Waals surface area contributed by atoms with Gasteiger partial charge in [-0.2, -0.15) is 0 Å². The molecule has 1 atom stereocenters. The summed E-state index contributed by atoms with van der Waals surface area (Å²) in [6.45, 7) is 1.30. The van der Waals surface area contributed by atoms with Crippen LogP contribution in [0, 0.1) is 5.82 Å². The second-order valence-corrected chi connectivity index (χ2v) is 5.17. The van der Waals surface area contributed by atoms with Crippen molar-refractivity contribution in [1.82, 2.24) is 5.32 Å². The van der Waals surface area contributed by atoms with E-state index < -0.39 is 5.82 Å². The molecule has 0 saturated carbocycles. The van der Waals surface area contributed by atoms with E-state index in [1.165, 1.54) is 25.1 Å². The average molecular weight is 283 g/mol. The molecule has 1 aliphatic heterocycles. The SMILES string of the molecule is CC(=O)Nc1cc(NC(=O)C2CSCN2)ccc1F. The van der Waals surface area contributed by atoms with Crippen molar-refractivity contribution in [3.8, 4) is 0 Å². The monoisotopic (exact) mass is 283 g/mol. The van der Waals surface area contributed by atoms with Gasteiger partial charge in [0.15, 0.2) is 0 Å². The first kappa shape index (κ1) is 13.8. The van der Waals surface area contributed by atoms with Gasteiger partial charge in [0.2, 0.25) is 11.8 Å². The Morgan fingerprint density at radius 1 is 1.42 bits per heavy atom. The van der Waals surface area contributed by atoms with E-state index >= 15 is 0 Å². The smallest absolute Gasteiger partial charge is 0.242 e. The zero-order valence-corrected chi connectivity index (χ0v) is 11.1. The van der Waals surface area contributed by atoms with Gasteiger partial charge in [-0.1, -0.05) is 0 Å². The quantitative estimate of drug-likeness (QED) is 0.784. The predicted molar refractivity (Wildman–Crippen MR) is 73.6 cm³/mol. The fraction of sp³-hybridized carbons (Fsp3) is 0.333. The molecule has 1 saturated heterocycles. The maximum absolute atomic E-state index is 13.4. The van der Waals surface area contributed by atoms with E-state index in [0.29, 0.717) is 11.4 Å². The molecule has 0 aliphatic carbocycles. The molecule has 102 valence electrons. The Bertz CT molecular complexity index is 504. The molecule has 0 aromatic heterocycles. The van der Waals surface area contributed by atoms with Crippen molar-refractivity contribution in [3.63, 3.8) is 0 Å². The third-order valence-electron chi connectivity index (χ3n) is 2.58. The Morgan fingerprint density at radius 2 is 2.21 bits per heavy atom. The highest BCUT2D eigenvalue weighted by Gasteiger charge is 2.22. The van der Waals surface area contributed by atoms with Crippen molar-refractivity contribution >= 4 is 35.0 Å². The van der Waals surface area contributed by atoms with Gasteiger partial charge in [-0.25, -0.2) is 4.39 Å². The Hall–Kier alpha value is -1.60. The molecule has 1 aliphatic rings. The summed E-state index contributed by atoms with van der Waals surface area (Å²) in [6.07, 6.45) is 0. The van der Waals surface area contributed by atoms with E-state index in [4.69, 9.17) is 0 Å². The van der Waals surface area contributed by atoms with Crippen molar-refractivity contribution in [3.05, 3.63) is 24.0 Å². The van der Waals surface area contributed by atoms with Crippen LogP contribution in [0.4, 0.5) is 15.8 Å². The van der Waals surface area contributed by atoms with Crippen LogP contribution in [0.25, 0.3) is 0 Å². The number of carbonyl (C=O) groups excluding carboxylic acids is 2. The first-order chi connectivity index (χ1) is 9.06. The van der Waals surface area contributed by atoms with Crippen molar-refractivity contribution in [1.29, 1.82) is 0 Å². The van der Waals surface area contributed by atoms with Gasteiger partial charge in [0.25, 0.3) is 0 Å². The lowest BCUT2D eigenvalue weighted by Crippen LogP contribution is -2.37. The maximum atomic E-state index is 13.4. The molecule has 19 heavy (non-hydrogen) atoms. The highest BCUT2D eigenvalue weighted by atomic mass is 32.2. The number of thioether (sulfide) groups is 1. The van der Waals surface area contributed by atoms with Gasteiger partial charge in [-0.15, -0.1) is 11.8 Å². The first-order valence-electron chi connectivity index (χ1n) is 5.75. The van der Waals surface area contributed by atoms with Crippen molar-refractivity contribution in [2.45, 2.75) is 13.0 Å². The van der Waals surface area contributed by atoms with Gasteiger partial charge in [-0.3, -0.25) is 14.9 Å². The molecule has 5 nitrogen and oxygen atoms in total. The lowest BCUT2D eigenvalue weighted by atomic mass is 10.2. The Morgan fingerprint density at radius 3 is 2.84 bits per heavy atom. The second-order valence-electron chi connectivity index (χ2n) is 4.14. The number of anilines is 2. The zero-order valence-electron chi connectivity index (χ0n) is 10.3. The zero-order chi connectivity index (χ0) is 13.8. The first-order valence-corrected chi connectivity index (χ1v) is 6.91. The number of benzene rings is 1. The Balaban J connectivity index is 2.07. The average Bonchev–Trinajstić information content (AvgIpc) is 2.86. The van der Waals surface area contributed by atoms with Crippen LogP contribution in [0.15, 0.2) is 18.2 Å². The highest BCUT2D eigenvalue weighted by Crippen LogP contribution is 2.20. The third-order valence-corrected chi connectivity index (χ3v) is 3.52. The van der Waals surface area contributed by atoms with Crippen molar-refractivity contribution in [2.24, 2.45) is 0 Å². The number of halogens is 1. The van der Waals surface area contributed by atoms with Gasteiger partial charge in [0.05, 0.1) is 11.7 Å². The predicted octanol–water partition coefficient (Wildman–Crippen LogP) is 1.39. The summed E-state index contributed by atoms with van der Waals surface area (Å²) in [4.78, 5) is 22.8. The molecular formula is C12H14FN3O2S. The molecule has 1 heterocycles. The minimum absolute atomic E-state index is 0.0547. The van der Waals surface area contributed by atoms with Crippen LogP contribution in [0.1, 0.15) is 6.92 Å². The molecular weight excluding hydrogens is 269 g/mol. The van der Waals surface area contributed by atoms with Gasteiger partial charge in [-0.05, 0) is 18.2 Å². The summed E-state index contributed by atoms with van der Waals surface area (Å²) < 4.78 is 13.4. The van der Waals surface area contributed by atoms with Crippen LogP contribution in [0.3, 0.4) is 0 Å². The van der Waals surface area contributed by atoms with Crippen LogP contribution >= 0.6 is 11.8 Å². The number of nitrogens with one attached hydrogen (secondary N) is 3. The van der Waals surface area contributed by atoms with Crippen LogP contribution in [0.5, 0.6) is 0 Å². The molecule has 1 aromatic carbocycles. The largest absolute Gasteiger partial charge is 0.325 e. The molecule has 0 spiro atoms. The van der Waals surface area contributed by atoms with Gasteiger partial charge in [0, 0.05) is 24.2 Å². The molecule has 0 radical (unpaired) electrons. The number of hydrogen-bond acceptors (Lipinski definition) is 4. The van der Waals surface area contributed by atoms with E-state index in [9.17, 15) is 14.0 Å². The number of rotatable bonds is 3. The number of hydrogen-bond donors (Lipinski definition) is 3. The summed E-state index contributed by atoms with van der Waals surface area (Å²) >= 11 is 1.65. The van der Waals surface area contributed by atoms with Crippen LogP contribution < -0.4 is 16.0 Å². The molecule has 1 fully saturated rings. The summed E-state index contributed by atoms with van der Waals surface area (Å²) in [5.74, 6) is 0.397. The normalized spacial score (nSPS) is 18.1. The van der Waals surface area contributed by atoms with Crippen molar-refractivity contribution < 1.29 is 14.0 Å². The van der Waals surface area contributed by atoms with E-state index in [1.807, 2.05) is 0 Å². The van der Waals surface area contributed by atoms with Crippen LogP contribution in [-0.4, -0.2) is 29.5 Å². The summed E-state index contributed by atoms with van der Waals surface area (Å²) in [7, 11) is 0. The maximum Gasteiger partial charge on any atom is 0.242 e. The molecule has 2 rings (SSSR count). The molecule has 7 heteroatoms. The lowest BCUT2D eigenvalue weighted by Gasteiger charge is -2.12. The van der Waals surface area contributed by atoms with E-state index in [1.54, 1.807) is 11.8 Å². The Kier molecular flexibility index (Phi) is 4.39. The topological polar surface area (TPSA) is 70.2 Å². The fourth-order valence-electron chi connectivity index (χ4n) is 1.68. The lowest BCUT2D eigenvalue weighted by molar-refractivity contribution is -0.117. The number of carbonyl (C=O) groups is 2. The second kappa shape index (κ2) is 6.03. The summed E-state index contributed by atoms with van der Waals surface area (Å²) in [5.41, 5.74) is 0.507. The van der Waals surface area contributed by atoms with Gasteiger partial charge < -0.3 is 10.6 Å².